The molecule has 4 heteroatoms. The maximum Gasteiger partial charge on any atom is 0.256 e. The molecule has 0 radical (unpaired) electrons. The maximum atomic E-state index is 13.0. The van der Waals surface area contributed by atoms with Gasteiger partial charge in [-0.05, 0) is 18.1 Å². The molecular weight excluding hydrogens is 336 g/mol. The Labute approximate surface area is 159 Å². The summed E-state index contributed by atoms with van der Waals surface area (Å²) in [4.78, 5) is 14.9. The van der Waals surface area contributed by atoms with Crippen molar-refractivity contribution in [2.75, 3.05) is 26.3 Å². The fourth-order valence-electron chi connectivity index (χ4n) is 3.54. The number of nitrogens with zero attached hydrogens (tertiary/aromatic N) is 2. The van der Waals surface area contributed by atoms with E-state index in [1.165, 1.54) is 5.56 Å². The largest absolute Gasteiger partial charge is 0.378 e. The molecule has 0 bridgehead atoms. The molecule has 4 rings (SSSR count). The summed E-state index contributed by atoms with van der Waals surface area (Å²) in [5, 5.41) is 1.03. The van der Waals surface area contributed by atoms with E-state index in [-0.39, 0.29) is 5.91 Å². The highest BCUT2D eigenvalue weighted by molar-refractivity contribution is 6.07. The van der Waals surface area contributed by atoms with Crippen molar-refractivity contribution in [3.63, 3.8) is 0 Å². The van der Waals surface area contributed by atoms with Crippen LogP contribution in [0.25, 0.3) is 17.0 Å². The van der Waals surface area contributed by atoms with E-state index in [4.69, 9.17) is 4.74 Å². The Morgan fingerprint density at radius 1 is 1.00 bits per heavy atom. The van der Waals surface area contributed by atoms with Gasteiger partial charge in [-0.3, -0.25) is 4.79 Å². The molecule has 0 spiro atoms. The number of aryl methyl sites for hydroxylation is 1. The number of para-hydroxylation sites is 1. The summed E-state index contributed by atoms with van der Waals surface area (Å²) in [6.07, 6.45) is 7.26. The molecule has 3 aromatic rings. The second-order valence-electron chi connectivity index (χ2n) is 6.76. The second kappa shape index (κ2) is 8.23. The van der Waals surface area contributed by atoms with Gasteiger partial charge in [-0.15, -0.1) is 0 Å². The Morgan fingerprint density at radius 3 is 2.56 bits per heavy atom. The van der Waals surface area contributed by atoms with Crippen molar-refractivity contribution in [1.82, 2.24) is 9.47 Å². The molecule has 1 aliphatic rings. The number of hydrogen-bond donors (Lipinski definition) is 0. The average Bonchev–Trinajstić information content (AvgIpc) is 3.11. The molecule has 0 N–H and O–H groups in total. The Morgan fingerprint density at radius 2 is 1.74 bits per heavy atom. The number of benzene rings is 2. The third-order valence-corrected chi connectivity index (χ3v) is 4.96. The summed E-state index contributed by atoms with van der Waals surface area (Å²) < 4.78 is 7.57. The first-order valence-corrected chi connectivity index (χ1v) is 9.49. The summed E-state index contributed by atoms with van der Waals surface area (Å²) >= 11 is 0. The van der Waals surface area contributed by atoms with Crippen molar-refractivity contribution in [2.45, 2.75) is 13.0 Å². The van der Waals surface area contributed by atoms with Gasteiger partial charge in [0.2, 0.25) is 0 Å². The molecule has 1 saturated heterocycles. The van der Waals surface area contributed by atoms with Gasteiger partial charge in [-0.25, -0.2) is 0 Å². The lowest BCUT2D eigenvalue weighted by molar-refractivity contribution is 0.0304. The summed E-state index contributed by atoms with van der Waals surface area (Å²) in [6, 6.07) is 18.5. The number of rotatable bonds is 5. The molecule has 138 valence electrons. The van der Waals surface area contributed by atoms with E-state index in [0.29, 0.717) is 26.3 Å². The number of amides is 1. The van der Waals surface area contributed by atoms with Gasteiger partial charge in [0, 0.05) is 36.7 Å². The quantitative estimate of drug-likeness (QED) is 0.683. The van der Waals surface area contributed by atoms with Crippen LogP contribution in [0.2, 0.25) is 0 Å². The van der Waals surface area contributed by atoms with Crippen LogP contribution >= 0.6 is 0 Å². The van der Waals surface area contributed by atoms with Gasteiger partial charge in [0.05, 0.1) is 18.8 Å². The van der Waals surface area contributed by atoms with Gasteiger partial charge in [-0.2, -0.15) is 0 Å². The van der Waals surface area contributed by atoms with Crippen molar-refractivity contribution < 1.29 is 9.53 Å². The number of carbonyl (C=O) groups excluding carboxylic acids is 1. The maximum absolute atomic E-state index is 13.0. The number of allylic oxidation sites excluding steroid dienone is 1. The van der Waals surface area contributed by atoms with Crippen molar-refractivity contribution in [3.05, 3.63) is 78.0 Å². The van der Waals surface area contributed by atoms with E-state index < -0.39 is 0 Å². The standard InChI is InChI=1S/C23H24N2O2/c26-23(24-14-16-27-17-15-24)21-18-25(22-12-5-4-11-20(21)22)13-7-6-10-19-8-2-1-3-9-19/h1-6,8-12,18H,7,13-17H2. The van der Waals surface area contributed by atoms with Crippen LogP contribution in [0.1, 0.15) is 22.3 Å². The number of carbonyl (C=O) groups is 1. The lowest BCUT2D eigenvalue weighted by Crippen LogP contribution is -2.40. The fraction of sp³-hybridized carbons (Fsp3) is 0.261. The molecule has 0 atom stereocenters. The van der Waals surface area contributed by atoms with Crippen molar-refractivity contribution in [3.8, 4) is 0 Å². The minimum atomic E-state index is 0.105. The van der Waals surface area contributed by atoms with Crippen molar-refractivity contribution in [2.24, 2.45) is 0 Å². The molecule has 2 heterocycles. The van der Waals surface area contributed by atoms with Crippen LogP contribution in [0, 0.1) is 0 Å². The number of aromatic nitrogens is 1. The lowest BCUT2D eigenvalue weighted by atomic mass is 10.1. The number of hydrogen-bond acceptors (Lipinski definition) is 2. The molecule has 2 aromatic carbocycles. The molecule has 1 fully saturated rings. The number of fused-ring (bicyclic) bond motifs is 1. The first kappa shape index (κ1) is 17.6. The molecule has 1 aromatic heterocycles. The van der Waals surface area contributed by atoms with Gasteiger partial charge in [0.15, 0.2) is 0 Å². The van der Waals surface area contributed by atoms with Crippen LogP contribution in [-0.2, 0) is 11.3 Å². The van der Waals surface area contributed by atoms with Gasteiger partial charge in [0.25, 0.3) is 5.91 Å². The van der Waals surface area contributed by atoms with E-state index in [0.717, 1.165) is 29.4 Å². The fourth-order valence-corrected chi connectivity index (χ4v) is 3.54. The van der Waals surface area contributed by atoms with Crippen molar-refractivity contribution >= 4 is 22.9 Å². The number of morpholine rings is 1. The smallest absolute Gasteiger partial charge is 0.256 e. The summed E-state index contributed by atoms with van der Waals surface area (Å²) in [5.41, 5.74) is 3.11. The van der Waals surface area contributed by atoms with Gasteiger partial charge in [0.1, 0.15) is 0 Å². The van der Waals surface area contributed by atoms with E-state index >= 15 is 0 Å². The average molecular weight is 360 g/mol. The van der Waals surface area contributed by atoms with Crippen LogP contribution in [0.4, 0.5) is 0 Å². The highest BCUT2D eigenvalue weighted by Gasteiger charge is 2.22. The van der Waals surface area contributed by atoms with Crippen LogP contribution < -0.4 is 0 Å². The van der Waals surface area contributed by atoms with Crippen LogP contribution in [0.15, 0.2) is 66.9 Å². The third-order valence-electron chi connectivity index (χ3n) is 4.96. The molecule has 0 aliphatic carbocycles. The normalized spacial score (nSPS) is 14.9. The zero-order valence-electron chi connectivity index (χ0n) is 15.4. The van der Waals surface area contributed by atoms with E-state index in [9.17, 15) is 4.79 Å². The first-order valence-electron chi connectivity index (χ1n) is 9.49. The Bertz CT molecular complexity index is 937. The monoisotopic (exact) mass is 360 g/mol. The SMILES string of the molecule is O=C(c1cn(CCC=Cc2ccccc2)c2ccccc12)N1CCOCC1. The molecule has 0 unspecified atom stereocenters. The predicted molar refractivity (Wildman–Crippen MR) is 109 cm³/mol. The van der Waals surface area contributed by atoms with Crippen molar-refractivity contribution in [1.29, 1.82) is 0 Å². The minimum Gasteiger partial charge on any atom is -0.378 e. The van der Waals surface area contributed by atoms with E-state index in [1.807, 2.05) is 47.5 Å². The topological polar surface area (TPSA) is 34.5 Å². The zero-order chi connectivity index (χ0) is 18.5. The second-order valence-corrected chi connectivity index (χ2v) is 6.76. The Kier molecular flexibility index (Phi) is 5.35. The highest BCUT2D eigenvalue weighted by Crippen LogP contribution is 2.23. The Balaban J connectivity index is 1.53. The lowest BCUT2D eigenvalue weighted by Gasteiger charge is -2.26. The molecule has 1 aliphatic heterocycles. The first-order chi connectivity index (χ1) is 13.3. The molecular formula is C23H24N2O2. The van der Waals surface area contributed by atoms with Gasteiger partial charge < -0.3 is 14.2 Å². The van der Waals surface area contributed by atoms with E-state index in [2.05, 4.69) is 34.9 Å². The zero-order valence-corrected chi connectivity index (χ0v) is 15.4. The molecule has 0 saturated carbocycles. The van der Waals surface area contributed by atoms with Gasteiger partial charge in [-0.1, -0.05) is 60.7 Å². The predicted octanol–water partition coefficient (Wildman–Crippen LogP) is 4.22. The van der Waals surface area contributed by atoms with E-state index in [1.54, 1.807) is 0 Å². The summed E-state index contributed by atoms with van der Waals surface area (Å²) in [7, 11) is 0. The van der Waals surface area contributed by atoms with Gasteiger partial charge >= 0.3 is 0 Å². The third kappa shape index (κ3) is 3.96. The number of ether oxygens (including phenoxy) is 1. The van der Waals surface area contributed by atoms with Crippen LogP contribution in [0.5, 0.6) is 0 Å². The van der Waals surface area contributed by atoms with Crippen LogP contribution in [0.3, 0.4) is 0 Å². The Hall–Kier alpha value is -2.85. The highest BCUT2D eigenvalue weighted by atomic mass is 16.5. The summed E-state index contributed by atoms with van der Waals surface area (Å²) in [5.74, 6) is 0.105. The summed E-state index contributed by atoms with van der Waals surface area (Å²) in [6.45, 7) is 3.42. The minimum absolute atomic E-state index is 0.105. The molecule has 1 amide bonds. The molecule has 4 nitrogen and oxygen atoms in total. The molecule has 27 heavy (non-hydrogen) atoms. The van der Waals surface area contributed by atoms with Crippen LogP contribution in [-0.4, -0.2) is 41.7 Å².